The normalized spacial score (nSPS) is 12.2. The second-order valence-corrected chi connectivity index (χ2v) is 3.74. The van der Waals surface area contributed by atoms with Crippen LogP contribution in [0.3, 0.4) is 0 Å². The van der Waals surface area contributed by atoms with E-state index in [1.807, 2.05) is 6.92 Å². The summed E-state index contributed by atoms with van der Waals surface area (Å²) >= 11 is 0. The van der Waals surface area contributed by atoms with Gasteiger partial charge in [0, 0.05) is 13.1 Å². The number of nitrogens with zero attached hydrogens (tertiary/aromatic N) is 3. The molecule has 90 valence electrons. The number of rotatable bonds is 5. The Labute approximate surface area is 95.0 Å². The molecule has 1 heterocycles. The molecule has 0 radical (unpaired) electrons. The van der Waals surface area contributed by atoms with Gasteiger partial charge >= 0.3 is 6.09 Å². The number of carbonyl (C=O) groups is 1. The van der Waals surface area contributed by atoms with Crippen molar-refractivity contribution in [2.75, 3.05) is 0 Å². The second-order valence-electron chi connectivity index (χ2n) is 3.74. The summed E-state index contributed by atoms with van der Waals surface area (Å²) in [6.07, 6.45) is 3.12. The molecule has 0 saturated heterocycles. The van der Waals surface area contributed by atoms with Gasteiger partial charge in [-0.25, -0.2) is 9.78 Å². The Morgan fingerprint density at radius 1 is 1.69 bits per heavy atom. The average molecular weight is 226 g/mol. The topological polar surface area (TPSA) is 69.0 Å². The molecule has 0 aliphatic heterocycles. The number of alkyl carbamates (subject to hydrolysis) is 1. The first-order valence-corrected chi connectivity index (χ1v) is 5.39. The summed E-state index contributed by atoms with van der Waals surface area (Å²) < 4.78 is 6.54. The van der Waals surface area contributed by atoms with E-state index in [1.54, 1.807) is 18.1 Å². The Kier molecular flexibility index (Phi) is 4.75. The largest absolute Gasteiger partial charge is 0.441 e. The lowest BCUT2D eigenvalue weighted by molar-refractivity contribution is 0.133. The lowest BCUT2D eigenvalue weighted by Crippen LogP contribution is -2.32. The molecular formula is C10H18N4O2. The first kappa shape index (κ1) is 12.5. The van der Waals surface area contributed by atoms with Gasteiger partial charge in [-0.05, 0) is 13.3 Å². The molecule has 6 nitrogen and oxygen atoms in total. The molecule has 0 spiro atoms. The van der Waals surface area contributed by atoms with Crippen molar-refractivity contribution in [1.82, 2.24) is 20.1 Å². The van der Waals surface area contributed by atoms with E-state index < -0.39 is 6.09 Å². The summed E-state index contributed by atoms with van der Waals surface area (Å²) in [6.45, 7) is 4.12. The van der Waals surface area contributed by atoms with Gasteiger partial charge in [0.15, 0.2) is 12.4 Å². The van der Waals surface area contributed by atoms with E-state index in [2.05, 4.69) is 22.3 Å². The van der Waals surface area contributed by atoms with Crippen molar-refractivity contribution in [2.45, 2.75) is 39.3 Å². The number of ether oxygens (including phenoxy) is 1. The Hall–Kier alpha value is -1.59. The van der Waals surface area contributed by atoms with E-state index in [-0.39, 0.29) is 12.6 Å². The number of aryl methyl sites for hydroxylation is 1. The molecule has 1 unspecified atom stereocenters. The predicted molar refractivity (Wildman–Crippen MR) is 58.7 cm³/mol. The molecule has 0 aliphatic rings. The fourth-order valence-corrected chi connectivity index (χ4v) is 1.33. The van der Waals surface area contributed by atoms with Crippen molar-refractivity contribution in [2.24, 2.45) is 7.05 Å². The van der Waals surface area contributed by atoms with Crippen LogP contribution < -0.4 is 5.32 Å². The highest BCUT2D eigenvalue weighted by Gasteiger charge is 2.08. The summed E-state index contributed by atoms with van der Waals surface area (Å²) in [5.74, 6) is 0.501. The highest BCUT2D eigenvalue weighted by Crippen LogP contribution is 1.97. The average Bonchev–Trinajstić information content (AvgIpc) is 2.61. The minimum atomic E-state index is -0.423. The van der Waals surface area contributed by atoms with Gasteiger partial charge in [-0.1, -0.05) is 13.3 Å². The molecule has 1 atom stereocenters. The van der Waals surface area contributed by atoms with Crippen LogP contribution in [0.2, 0.25) is 0 Å². The van der Waals surface area contributed by atoms with Crippen LogP contribution in [0.1, 0.15) is 32.5 Å². The van der Waals surface area contributed by atoms with Crippen molar-refractivity contribution < 1.29 is 9.53 Å². The highest BCUT2D eigenvalue weighted by molar-refractivity contribution is 5.67. The van der Waals surface area contributed by atoms with Gasteiger partial charge in [0.1, 0.15) is 6.33 Å². The van der Waals surface area contributed by atoms with Crippen molar-refractivity contribution in [3.8, 4) is 0 Å². The van der Waals surface area contributed by atoms with E-state index in [1.165, 1.54) is 0 Å². The zero-order valence-electron chi connectivity index (χ0n) is 9.93. The standard InChI is InChI=1S/C10H18N4O2/c1-4-5-8(2)12-10(15)16-6-9-11-7-14(3)13-9/h7-8H,4-6H2,1-3H3,(H,12,15). The number of carbonyl (C=O) groups excluding carboxylic acids is 1. The maximum absolute atomic E-state index is 11.3. The summed E-state index contributed by atoms with van der Waals surface area (Å²) in [5, 5.41) is 6.73. The Bertz CT molecular complexity index is 337. The molecule has 0 fully saturated rings. The van der Waals surface area contributed by atoms with E-state index in [0.717, 1.165) is 12.8 Å². The summed E-state index contributed by atoms with van der Waals surface area (Å²) in [5.41, 5.74) is 0. The Morgan fingerprint density at radius 3 is 3.00 bits per heavy atom. The van der Waals surface area contributed by atoms with Gasteiger partial charge in [-0.15, -0.1) is 0 Å². The maximum Gasteiger partial charge on any atom is 0.407 e. The minimum absolute atomic E-state index is 0.103. The molecule has 1 N–H and O–H groups in total. The molecular weight excluding hydrogens is 208 g/mol. The van der Waals surface area contributed by atoms with Gasteiger partial charge in [-0.3, -0.25) is 4.68 Å². The van der Waals surface area contributed by atoms with Crippen LogP contribution >= 0.6 is 0 Å². The molecule has 1 rings (SSSR count). The van der Waals surface area contributed by atoms with Crippen LogP contribution in [0.15, 0.2) is 6.33 Å². The highest BCUT2D eigenvalue weighted by atomic mass is 16.5. The monoisotopic (exact) mass is 226 g/mol. The number of amides is 1. The van der Waals surface area contributed by atoms with Crippen LogP contribution in [0.5, 0.6) is 0 Å². The van der Waals surface area contributed by atoms with Gasteiger partial charge in [0.25, 0.3) is 0 Å². The third-order valence-electron chi connectivity index (χ3n) is 2.07. The van der Waals surface area contributed by atoms with Gasteiger partial charge in [-0.2, -0.15) is 5.10 Å². The fourth-order valence-electron chi connectivity index (χ4n) is 1.33. The molecule has 0 aromatic carbocycles. The zero-order chi connectivity index (χ0) is 12.0. The van der Waals surface area contributed by atoms with Crippen LogP contribution in [0, 0.1) is 0 Å². The summed E-state index contributed by atoms with van der Waals surface area (Å²) in [6, 6.07) is 0.134. The van der Waals surface area contributed by atoms with Crippen molar-refractivity contribution in [1.29, 1.82) is 0 Å². The molecule has 1 amide bonds. The second kappa shape index (κ2) is 6.09. The minimum Gasteiger partial charge on any atom is -0.441 e. The smallest absolute Gasteiger partial charge is 0.407 e. The van der Waals surface area contributed by atoms with E-state index >= 15 is 0 Å². The molecule has 16 heavy (non-hydrogen) atoms. The number of hydrogen-bond donors (Lipinski definition) is 1. The van der Waals surface area contributed by atoms with Crippen LogP contribution in [0.4, 0.5) is 4.79 Å². The third kappa shape index (κ3) is 4.29. The molecule has 1 aromatic rings. The van der Waals surface area contributed by atoms with E-state index in [4.69, 9.17) is 4.74 Å². The van der Waals surface area contributed by atoms with Crippen molar-refractivity contribution >= 4 is 6.09 Å². The molecule has 6 heteroatoms. The number of nitrogens with one attached hydrogen (secondary N) is 1. The Morgan fingerprint density at radius 2 is 2.44 bits per heavy atom. The SMILES string of the molecule is CCCC(C)NC(=O)OCc1ncn(C)n1. The zero-order valence-corrected chi connectivity index (χ0v) is 9.93. The number of aromatic nitrogens is 3. The van der Waals surface area contributed by atoms with Crippen LogP contribution in [-0.4, -0.2) is 26.9 Å². The van der Waals surface area contributed by atoms with Gasteiger partial charge < -0.3 is 10.1 Å². The van der Waals surface area contributed by atoms with Gasteiger partial charge in [0.05, 0.1) is 0 Å². The maximum atomic E-state index is 11.3. The first-order chi connectivity index (χ1) is 7.61. The molecule has 1 aromatic heterocycles. The molecule has 0 bridgehead atoms. The molecule has 0 saturated carbocycles. The third-order valence-corrected chi connectivity index (χ3v) is 2.07. The quantitative estimate of drug-likeness (QED) is 0.819. The molecule has 0 aliphatic carbocycles. The van der Waals surface area contributed by atoms with Crippen molar-refractivity contribution in [3.63, 3.8) is 0 Å². The summed E-state index contributed by atoms with van der Waals surface area (Å²) in [7, 11) is 1.76. The van der Waals surface area contributed by atoms with Crippen LogP contribution in [-0.2, 0) is 18.4 Å². The van der Waals surface area contributed by atoms with E-state index in [9.17, 15) is 4.79 Å². The summed E-state index contributed by atoms with van der Waals surface area (Å²) in [4.78, 5) is 15.3. The predicted octanol–water partition coefficient (Wildman–Crippen LogP) is 1.23. The van der Waals surface area contributed by atoms with Crippen molar-refractivity contribution in [3.05, 3.63) is 12.2 Å². The van der Waals surface area contributed by atoms with Gasteiger partial charge in [0.2, 0.25) is 0 Å². The lowest BCUT2D eigenvalue weighted by Gasteiger charge is -2.11. The lowest BCUT2D eigenvalue weighted by atomic mass is 10.2. The fraction of sp³-hybridized carbons (Fsp3) is 0.700. The first-order valence-electron chi connectivity index (χ1n) is 5.39. The Balaban J connectivity index is 2.25. The van der Waals surface area contributed by atoms with Crippen LogP contribution in [0.25, 0.3) is 0 Å². The number of hydrogen-bond acceptors (Lipinski definition) is 4. The van der Waals surface area contributed by atoms with E-state index in [0.29, 0.717) is 5.82 Å².